The van der Waals surface area contributed by atoms with Crippen molar-refractivity contribution < 1.29 is 14.4 Å². The minimum Gasteiger partial charge on any atom is -0.489 e. The van der Waals surface area contributed by atoms with Gasteiger partial charge in [0.05, 0.1) is 24.3 Å². The highest BCUT2D eigenvalue weighted by atomic mass is 16.6. The molecule has 0 amide bonds. The Morgan fingerprint density at radius 1 is 1.22 bits per heavy atom. The van der Waals surface area contributed by atoms with E-state index in [1.807, 2.05) is 0 Å². The molecule has 3 rings (SSSR count). The van der Waals surface area contributed by atoms with Crippen LogP contribution < -0.4 is 15.0 Å². The molecule has 9 nitrogen and oxygen atoms in total. The molecular weight excluding hydrogens is 304 g/mol. The number of pyridine rings is 1. The Kier molecular flexibility index (Phi) is 3.59. The second-order valence-electron chi connectivity index (χ2n) is 4.47. The van der Waals surface area contributed by atoms with E-state index < -0.39 is 10.7 Å². The average Bonchev–Trinajstić information content (AvgIpc) is 2.55. The zero-order valence-electron chi connectivity index (χ0n) is 11.8. The van der Waals surface area contributed by atoms with Gasteiger partial charge >= 0.3 is 5.82 Å². The van der Waals surface area contributed by atoms with Gasteiger partial charge in [-0.2, -0.15) is 0 Å². The van der Waals surface area contributed by atoms with Crippen molar-refractivity contribution in [2.75, 3.05) is 7.11 Å². The number of hydrogen-bond donors (Lipinski definition) is 1. The number of methoxy groups -OCH3 is 1. The largest absolute Gasteiger partial charge is 0.489 e. The standard InChI is InChI=1S/C14H10N4O5/c1-22-12-5-9(6-15-13(12)18(20)21)23-8-2-3-11-10(4-8)14(19)17-7-16-11/h2-7H,1H3,(H,16,17,19). The Morgan fingerprint density at radius 2 is 2.04 bits per heavy atom. The van der Waals surface area contributed by atoms with Gasteiger partial charge < -0.3 is 24.6 Å². The molecule has 1 aromatic carbocycles. The van der Waals surface area contributed by atoms with Crippen molar-refractivity contribution in [2.24, 2.45) is 0 Å². The Morgan fingerprint density at radius 3 is 2.78 bits per heavy atom. The Bertz CT molecular complexity index is 953. The number of benzene rings is 1. The van der Waals surface area contributed by atoms with Gasteiger partial charge in [-0.25, -0.2) is 4.98 Å². The van der Waals surface area contributed by atoms with E-state index in [-0.39, 0.29) is 17.1 Å². The van der Waals surface area contributed by atoms with E-state index in [0.717, 1.165) is 0 Å². The van der Waals surface area contributed by atoms with Gasteiger partial charge in [0.15, 0.2) is 11.9 Å². The van der Waals surface area contributed by atoms with Gasteiger partial charge in [0.2, 0.25) is 5.75 Å². The summed E-state index contributed by atoms with van der Waals surface area (Å²) in [5, 5.41) is 11.2. The molecule has 116 valence electrons. The summed E-state index contributed by atoms with van der Waals surface area (Å²) >= 11 is 0. The molecule has 23 heavy (non-hydrogen) atoms. The minimum absolute atomic E-state index is 0.0206. The zero-order valence-corrected chi connectivity index (χ0v) is 11.8. The van der Waals surface area contributed by atoms with E-state index in [1.165, 1.54) is 31.8 Å². The molecule has 0 aliphatic carbocycles. The minimum atomic E-state index is -0.649. The van der Waals surface area contributed by atoms with Crippen LogP contribution in [0.3, 0.4) is 0 Å². The van der Waals surface area contributed by atoms with Crippen LogP contribution in [0, 0.1) is 10.1 Å². The molecule has 1 N–H and O–H groups in total. The average molecular weight is 314 g/mol. The number of nitrogens with one attached hydrogen (secondary N) is 1. The fraction of sp³-hybridized carbons (Fsp3) is 0.0714. The first-order valence-corrected chi connectivity index (χ1v) is 6.42. The van der Waals surface area contributed by atoms with Crippen LogP contribution in [0.2, 0.25) is 0 Å². The van der Waals surface area contributed by atoms with Crippen LogP contribution in [0.25, 0.3) is 10.9 Å². The maximum atomic E-state index is 11.7. The summed E-state index contributed by atoms with van der Waals surface area (Å²) in [4.78, 5) is 32.1. The maximum Gasteiger partial charge on any atom is 0.406 e. The number of rotatable bonds is 4. The predicted molar refractivity (Wildman–Crippen MR) is 79.9 cm³/mol. The molecule has 0 atom stereocenters. The summed E-state index contributed by atoms with van der Waals surface area (Å²) in [6, 6.07) is 6.14. The summed E-state index contributed by atoms with van der Waals surface area (Å²) < 4.78 is 10.5. The normalized spacial score (nSPS) is 10.5. The molecule has 0 radical (unpaired) electrons. The number of nitro groups is 1. The monoisotopic (exact) mass is 314 g/mol. The van der Waals surface area contributed by atoms with Gasteiger partial charge in [0.1, 0.15) is 5.75 Å². The summed E-state index contributed by atoms with van der Waals surface area (Å²) in [6.45, 7) is 0. The smallest absolute Gasteiger partial charge is 0.406 e. The van der Waals surface area contributed by atoms with Gasteiger partial charge in [-0.15, -0.1) is 0 Å². The van der Waals surface area contributed by atoms with Gasteiger partial charge in [-0.05, 0) is 28.1 Å². The maximum absolute atomic E-state index is 11.7. The van der Waals surface area contributed by atoms with E-state index in [0.29, 0.717) is 16.7 Å². The van der Waals surface area contributed by atoms with Gasteiger partial charge in [-0.1, -0.05) is 0 Å². The molecule has 0 spiro atoms. The molecule has 0 aliphatic heterocycles. The second kappa shape index (κ2) is 5.72. The van der Waals surface area contributed by atoms with Crippen molar-refractivity contribution in [1.29, 1.82) is 0 Å². The molecule has 0 fully saturated rings. The van der Waals surface area contributed by atoms with Crippen LogP contribution >= 0.6 is 0 Å². The number of fused-ring (bicyclic) bond motifs is 1. The van der Waals surface area contributed by atoms with Crippen LogP contribution in [-0.4, -0.2) is 27.0 Å². The molecule has 9 heteroatoms. The highest BCUT2D eigenvalue weighted by Gasteiger charge is 2.18. The number of aromatic nitrogens is 3. The number of ether oxygens (including phenoxy) is 2. The van der Waals surface area contributed by atoms with Crippen molar-refractivity contribution in [1.82, 2.24) is 15.0 Å². The molecule has 0 saturated heterocycles. The highest BCUT2D eigenvalue weighted by Crippen LogP contribution is 2.31. The number of nitrogens with zero attached hydrogens (tertiary/aromatic N) is 3. The quantitative estimate of drug-likeness (QED) is 0.577. The second-order valence-corrected chi connectivity index (χ2v) is 4.47. The van der Waals surface area contributed by atoms with E-state index in [2.05, 4.69) is 15.0 Å². The van der Waals surface area contributed by atoms with Crippen LogP contribution in [0.1, 0.15) is 0 Å². The first kappa shape index (κ1) is 14.4. The molecule has 0 bridgehead atoms. The third-order valence-electron chi connectivity index (χ3n) is 3.05. The van der Waals surface area contributed by atoms with E-state index in [1.54, 1.807) is 12.1 Å². The number of H-pyrrole nitrogens is 1. The molecular formula is C14H10N4O5. The van der Waals surface area contributed by atoms with Crippen LogP contribution in [0.4, 0.5) is 5.82 Å². The molecule has 0 unspecified atom stereocenters. The fourth-order valence-corrected chi connectivity index (χ4v) is 2.01. The molecule has 2 aromatic heterocycles. The molecule has 0 saturated carbocycles. The van der Waals surface area contributed by atoms with Gasteiger partial charge in [-0.3, -0.25) is 4.79 Å². The van der Waals surface area contributed by atoms with E-state index >= 15 is 0 Å². The van der Waals surface area contributed by atoms with Crippen molar-refractivity contribution in [3.05, 3.63) is 57.3 Å². The SMILES string of the molecule is COc1cc(Oc2ccc3nc[nH]c(=O)c3c2)cnc1[N+](=O)[O-]. The topological polar surface area (TPSA) is 120 Å². The van der Waals surface area contributed by atoms with Crippen LogP contribution in [0.5, 0.6) is 17.2 Å². The van der Waals surface area contributed by atoms with Gasteiger partial charge in [0, 0.05) is 6.07 Å². The Balaban J connectivity index is 1.97. The van der Waals surface area contributed by atoms with E-state index in [4.69, 9.17) is 9.47 Å². The summed E-state index contributed by atoms with van der Waals surface area (Å²) in [5.74, 6) is 0.188. The predicted octanol–water partition coefficient (Wildman–Crippen LogP) is 2.03. The lowest BCUT2D eigenvalue weighted by Gasteiger charge is -2.06. The van der Waals surface area contributed by atoms with E-state index in [9.17, 15) is 14.9 Å². The first-order valence-electron chi connectivity index (χ1n) is 6.42. The van der Waals surface area contributed by atoms with Crippen molar-refractivity contribution >= 4 is 16.7 Å². The van der Waals surface area contributed by atoms with Crippen molar-refractivity contribution in [3.8, 4) is 17.2 Å². The Hall–Kier alpha value is -3.49. The lowest BCUT2D eigenvalue weighted by Crippen LogP contribution is -2.06. The lowest BCUT2D eigenvalue weighted by molar-refractivity contribution is -0.390. The zero-order chi connectivity index (χ0) is 16.4. The summed E-state index contributed by atoms with van der Waals surface area (Å²) in [7, 11) is 1.30. The number of hydrogen-bond acceptors (Lipinski definition) is 7. The fourth-order valence-electron chi connectivity index (χ4n) is 2.01. The highest BCUT2D eigenvalue weighted by molar-refractivity contribution is 5.78. The van der Waals surface area contributed by atoms with Crippen molar-refractivity contribution in [3.63, 3.8) is 0 Å². The molecule has 2 heterocycles. The third-order valence-corrected chi connectivity index (χ3v) is 3.05. The van der Waals surface area contributed by atoms with Gasteiger partial charge in [0.25, 0.3) is 5.56 Å². The summed E-state index contributed by atoms with van der Waals surface area (Å²) in [5.41, 5.74) is 0.236. The Labute approximate surface area is 128 Å². The number of aromatic amines is 1. The third kappa shape index (κ3) is 2.79. The van der Waals surface area contributed by atoms with Crippen LogP contribution in [0.15, 0.2) is 41.6 Å². The summed E-state index contributed by atoms with van der Waals surface area (Å²) in [6.07, 6.45) is 2.52. The molecule has 3 aromatic rings. The van der Waals surface area contributed by atoms with Crippen LogP contribution in [-0.2, 0) is 0 Å². The molecule has 0 aliphatic rings. The lowest BCUT2D eigenvalue weighted by atomic mass is 10.2. The van der Waals surface area contributed by atoms with Crippen molar-refractivity contribution in [2.45, 2.75) is 0 Å². The first-order chi connectivity index (χ1) is 11.1.